The van der Waals surface area contributed by atoms with Crippen LogP contribution in [-0.2, 0) is 4.79 Å². The van der Waals surface area contributed by atoms with Crippen LogP contribution in [0.2, 0.25) is 0 Å². The van der Waals surface area contributed by atoms with E-state index in [9.17, 15) is 14.4 Å². The molecule has 3 aromatic rings. The summed E-state index contributed by atoms with van der Waals surface area (Å²) >= 11 is 0. The number of urea groups is 1. The fraction of sp³-hybridized carbons (Fsp3) is 0.222. The first-order valence-corrected chi connectivity index (χ1v) is 11.4. The largest absolute Gasteiger partial charge is 0.346 e. The third-order valence-electron chi connectivity index (χ3n) is 5.81. The molecule has 1 aliphatic heterocycles. The molecular formula is C27H28N4O3. The third-order valence-corrected chi connectivity index (χ3v) is 5.81. The molecule has 1 atom stereocenters. The SMILES string of the molecule is CC(NC(=O)c1ccc(N2CCCCC2=O)cc1)c1ccc(NC(=O)Nc2ccccc2)cc1. The lowest BCUT2D eigenvalue weighted by Gasteiger charge is -2.26. The number of hydrogen-bond acceptors (Lipinski definition) is 3. The number of hydrogen-bond donors (Lipinski definition) is 3. The zero-order valence-corrected chi connectivity index (χ0v) is 19.1. The maximum Gasteiger partial charge on any atom is 0.323 e. The molecule has 0 spiro atoms. The zero-order chi connectivity index (χ0) is 23.9. The summed E-state index contributed by atoms with van der Waals surface area (Å²) < 4.78 is 0. The Morgan fingerprint density at radius 1 is 0.824 bits per heavy atom. The lowest BCUT2D eigenvalue weighted by atomic mass is 10.1. The van der Waals surface area contributed by atoms with Gasteiger partial charge in [-0.05, 0) is 73.9 Å². The minimum Gasteiger partial charge on any atom is -0.346 e. The fourth-order valence-corrected chi connectivity index (χ4v) is 3.91. The molecule has 3 N–H and O–H groups in total. The van der Waals surface area contributed by atoms with E-state index in [0.717, 1.165) is 30.6 Å². The van der Waals surface area contributed by atoms with E-state index in [1.807, 2.05) is 61.5 Å². The molecule has 34 heavy (non-hydrogen) atoms. The van der Waals surface area contributed by atoms with Gasteiger partial charge in [-0.15, -0.1) is 0 Å². The van der Waals surface area contributed by atoms with Gasteiger partial charge in [-0.25, -0.2) is 4.79 Å². The molecule has 0 saturated carbocycles. The second kappa shape index (κ2) is 10.7. The number of carbonyl (C=O) groups excluding carboxylic acids is 3. The van der Waals surface area contributed by atoms with Gasteiger partial charge in [0, 0.05) is 35.6 Å². The van der Waals surface area contributed by atoms with Gasteiger partial charge < -0.3 is 20.9 Å². The molecule has 4 rings (SSSR count). The molecule has 3 aromatic carbocycles. The number of anilines is 3. The highest BCUT2D eigenvalue weighted by Gasteiger charge is 2.20. The molecule has 0 radical (unpaired) electrons. The fourth-order valence-electron chi connectivity index (χ4n) is 3.91. The van der Waals surface area contributed by atoms with Crippen molar-refractivity contribution in [1.82, 2.24) is 5.32 Å². The van der Waals surface area contributed by atoms with Crippen LogP contribution in [0.3, 0.4) is 0 Å². The lowest BCUT2D eigenvalue weighted by molar-refractivity contribution is -0.119. The van der Waals surface area contributed by atoms with Crippen LogP contribution in [0.15, 0.2) is 78.9 Å². The highest BCUT2D eigenvalue weighted by molar-refractivity contribution is 6.00. The van der Waals surface area contributed by atoms with Gasteiger partial charge in [-0.1, -0.05) is 30.3 Å². The Bertz CT molecular complexity index is 1140. The Hall–Kier alpha value is -4.13. The van der Waals surface area contributed by atoms with Gasteiger partial charge in [-0.2, -0.15) is 0 Å². The van der Waals surface area contributed by atoms with Gasteiger partial charge in [0.15, 0.2) is 0 Å². The van der Waals surface area contributed by atoms with Crippen LogP contribution in [0.25, 0.3) is 0 Å². The Labute approximate surface area is 199 Å². The summed E-state index contributed by atoms with van der Waals surface area (Å²) in [6.45, 7) is 2.63. The molecule has 0 bridgehead atoms. The normalized spacial score (nSPS) is 14.3. The summed E-state index contributed by atoms with van der Waals surface area (Å²) in [7, 11) is 0. The van der Waals surface area contributed by atoms with E-state index >= 15 is 0 Å². The second-order valence-corrected chi connectivity index (χ2v) is 8.31. The summed E-state index contributed by atoms with van der Waals surface area (Å²) in [5, 5.41) is 8.56. The smallest absolute Gasteiger partial charge is 0.323 e. The number of amides is 4. The van der Waals surface area contributed by atoms with Crippen molar-refractivity contribution < 1.29 is 14.4 Å². The van der Waals surface area contributed by atoms with Crippen LogP contribution < -0.4 is 20.9 Å². The summed E-state index contributed by atoms with van der Waals surface area (Å²) in [6.07, 6.45) is 2.51. The molecule has 7 heteroatoms. The first kappa shape index (κ1) is 23.0. The third kappa shape index (κ3) is 5.81. The summed E-state index contributed by atoms with van der Waals surface area (Å²) in [5.41, 5.74) is 3.64. The first-order chi connectivity index (χ1) is 16.5. The summed E-state index contributed by atoms with van der Waals surface area (Å²) in [5.74, 6) is -0.0546. The predicted molar refractivity (Wildman–Crippen MR) is 134 cm³/mol. The number of para-hydroxylation sites is 1. The van der Waals surface area contributed by atoms with E-state index in [1.165, 1.54) is 0 Å². The van der Waals surface area contributed by atoms with Crippen molar-refractivity contribution in [1.29, 1.82) is 0 Å². The van der Waals surface area contributed by atoms with Crippen molar-refractivity contribution in [2.24, 2.45) is 0 Å². The van der Waals surface area contributed by atoms with Crippen molar-refractivity contribution in [3.63, 3.8) is 0 Å². The minimum atomic E-state index is -0.324. The molecular weight excluding hydrogens is 428 g/mol. The van der Waals surface area contributed by atoms with Crippen LogP contribution in [-0.4, -0.2) is 24.4 Å². The maximum atomic E-state index is 12.7. The molecule has 1 fully saturated rings. The predicted octanol–water partition coefficient (Wildman–Crippen LogP) is 5.34. The monoisotopic (exact) mass is 456 g/mol. The van der Waals surface area contributed by atoms with E-state index in [4.69, 9.17) is 0 Å². The Balaban J connectivity index is 1.31. The van der Waals surface area contributed by atoms with Gasteiger partial charge in [0.2, 0.25) is 5.91 Å². The van der Waals surface area contributed by atoms with E-state index in [-0.39, 0.29) is 23.9 Å². The van der Waals surface area contributed by atoms with Crippen molar-refractivity contribution in [3.8, 4) is 0 Å². The Morgan fingerprint density at radius 3 is 2.12 bits per heavy atom. The molecule has 4 amide bonds. The highest BCUT2D eigenvalue weighted by atomic mass is 16.2. The van der Waals surface area contributed by atoms with Crippen LogP contribution >= 0.6 is 0 Å². The van der Waals surface area contributed by atoms with Gasteiger partial charge in [0.05, 0.1) is 6.04 Å². The van der Waals surface area contributed by atoms with E-state index in [1.54, 1.807) is 29.2 Å². The molecule has 7 nitrogen and oxygen atoms in total. The standard InChI is InChI=1S/C27H28N4O3/c1-19(20-10-14-23(15-11-20)30-27(34)29-22-7-3-2-4-8-22)28-26(33)21-12-16-24(17-13-21)31-18-6-5-9-25(31)32/h2-4,7-8,10-17,19H,5-6,9,18H2,1H3,(H,28,33)(H2,29,30,34). The first-order valence-electron chi connectivity index (χ1n) is 11.4. The maximum absolute atomic E-state index is 12.7. The lowest BCUT2D eigenvalue weighted by Crippen LogP contribution is -2.35. The van der Waals surface area contributed by atoms with Crippen molar-refractivity contribution >= 4 is 34.9 Å². The molecule has 1 heterocycles. The number of benzene rings is 3. The number of nitrogens with zero attached hydrogens (tertiary/aromatic N) is 1. The van der Waals surface area contributed by atoms with Crippen molar-refractivity contribution in [2.45, 2.75) is 32.2 Å². The van der Waals surface area contributed by atoms with Gasteiger partial charge in [-0.3, -0.25) is 9.59 Å². The quantitative estimate of drug-likeness (QED) is 0.468. The Morgan fingerprint density at radius 2 is 1.47 bits per heavy atom. The van der Waals surface area contributed by atoms with Crippen molar-refractivity contribution in [3.05, 3.63) is 90.0 Å². The number of rotatable bonds is 6. The summed E-state index contributed by atoms with van der Waals surface area (Å²) in [4.78, 5) is 38.7. The van der Waals surface area contributed by atoms with Gasteiger partial charge >= 0.3 is 6.03 Å². The minimum absolute atomic E-state index is 0.132. The van der Waals surface area contributed by atoms with Crippen LogP contribution in [0.5, 0.6) is 0 Å². The highest BCUT2D eigenvalue weighted by Crippen LogP contribution is 2.22. The molecule has 0 aliphatic carbocycles. The van der Waals surface area contributed by atoms with Crippen LogP contribution in [0.1, 0.15) is 48.1 Å². The molecule has 174 valence electrons. The Kier molecular flexibility index (Phi) is 7.22. The molecule has 1 aliphatic rings. The topological polar surface area (TPSA) is 90.5 Å². The average molecular weight is 457 g/mol. The van der Waals surface area contributed by atoms with E-state index in [2.05, 4.69) is 16.0 Å². The number of carbonyl (C=O) groups is 3. The number of piperidine rings is 1. The summed E-state index contributed by atoms with van der Waals surface area (Å²) in [6, 6.07) is 23.1. The molecule has 1 saturated heterocycles. The van der Waals surface area contributed by atoms with Crippen LogP contribution in [0.4, 0.5) is 21.9 Å². The van der Waals surface area contributed by atoms with E-state index < -0.39 is 0 Å². The van der Waals surface area contributed by atoms with Crippen molar-refractivity contribution in [2.75, 3.05) is 22.1 Å². The average Bonchev–Trinajstić information content (AvgIpc) is 2.85. The molecule has 1 unspecified atom stereocenters. The van der Waals surface area contributed by atoms with Crippen LogP contribution in [0, 0.1) is 0 Å². The zero-order valence-electron chi connectivity index (χ0n) is 19.1. The van der Waals surface area contributed by atoms with E-state index in [0.29, 0.717) is 23.4 Å². The van der Waals surface area contributed by atoms with Gasteiger partial charge in [0.25, 0.3) is 5.91 Å². The van der Waals surface area contributed by atoms with Gasteiger partial charge in [0.1, 0.15) is 0 Å². The molecule has 0 aromatic heterocycles. The number of nitrogens with one attached hydrogen (secondary N) is 3. The second-order valence-electron chi connectivity index (χ2n) is 8.31.